The van der Waals surface area contributed by atoms with Gasteiger partial charge in [-0.25, -0.2) is 8.42 Å². The minimum atomic E-state index is -3.04. The smallest absolute Gasteiger partial charge is 0.252 e. The maximum absolute atomic E-state index is 12.3. The van der Waals surface area contributed by atoms with E-state index in [-0.39, 0.29) is 36.4 Å². The van der Waals surface area contributed by atoms with Crippen molar-refractivity contribution in [1.29, 1.82) is 0 Å². The molecule has 23 heavy (non-hydrogen) atoms. The first kappa shape index (κ1) is 17.3. The van der Waals surface area contributed by atoms with Gasteiger partial charge in [-0.3, -0.25) is 9.59 Å². The fourth-order valence-corrected chi connectivity index (χ4v) is 3.51. The molecular weight excluding hydrogens is 320 g/mol. The van der Waals surface area contributed by atoms with Crippen LogP contribution in [0.5, 0.6) is 5.75 Å². The molecule has 1 saturated heterocycles. The summed E-state index contributed by atoms with van der Waals surface area (Å²) in [6.45, 7) is 1.92. The van der Waals surface area contributed by atoms with Gasteiger partial charge in [-0.15, -0.1) is 0 Å². The van der Waals surface area contributed by atoms with Crippen LogP contribution >= 0.6 is 0 Å². The van der Waals surface area contributed by atoms with Crippen LogP contribution in [0.15, 0.2) is 24.3 Å². The fourth-order valence-electron chi connectivity index (χ4n) is 2.31. The van der Waals surface area contributed by atoms with Gasteiger partial charge in [0, 0.05) is 18.7 Å². The Morgan fingerprint density at radius 3 is 2.52 bits per heavy atom. The van der Waals surface area contributed by atoms with Crippen LogP contribution in [0.1, 0.15) is 17.3 Å². The summed E-state index contributed by atoms with van der Waals surface area (Å²) in [5, 5.41) is 2.63. The van der Waals surface area contributed by atoms with Crippen molar-refractivity contribution in [1.82, 2.24) is 10.2 Å². The molecule has 1 heterocycles. The maximum atomic E-state index is 12.3. The zero-order valence-electron chi connectivity index (χ0n) is 13.1. The molecule has 0 spiro atoms. The van der Waals surface area contributed by atoms with Crippen LogP contribution in [-0.4, -0.2) is 62.9 Å². The molecule has 7 nitrogen and oxygen atoms in total. The number of amides is 2. The Labute approximate surface area is 135 Å². The maximum Gasteiger partial charge on any atom is 0.252 e. The van der Waals surface area contributed by atoms with Gasteiger partial charge in [0.15, 0.2) is 9.84 Å². The molecule has 2 amide bonds. The molecule has 0 aromatic heterocycles. The van der Waals surface area contributed by atoms with E-state index >= 15 is 0 Å². The summed E-state index contributed by atoms with van der Waals surface area (Å²) in [5.74, 6) is -0.173. The van der Waals surface area contributed by atoms with Crippen LogP contribution in [0.2, 0.25) is 0 Å². The topological polar surface area (TPSA) is 92.8 Å². The normalized spacial score (nSPS) is 18.1. The average Bonchev–Trinajstić information content (AvgIpc) is 2.54. The first-order chi connectivity index (χ1) is 10.8. The van der Waals surface area contributed by atoms with Crippen molar-refractivity contribution in [2.75, 3.05) is 31.7 Å². The van der Waals surface area contributed by atoms with Gasteiger partial charge in [0.05, 0.1) is 18.6 Å². The number of hydrogen-bond donors (Lipinski definition) is 1. The number of hydrogen-bond acceptors (Lipinski definition) is 5. The molecule has 1 aromatic carbocycles. The lowest BCUT2D eigenvalue weighted by Crippen LogP contribution is -2.51. The summed E-state index contributed by atoms with van der Waals surface area (Å²) in [7, 11) is -1.54. The van der Waals surface area contributed by atoms with Crippen LogP contribution < -0.4 is 10.1 Å². The van der Waals surface area contributed by atoms with Gasteiger partial charge in [0.2, 0.25) is 5.91 Å². The standard InChI is InChI=1S/C15H20N2O5S/c1-11(15(19)17-6-8-23(20,21)9-7-17)16-14(18)12-4-3-5-13(10-12)22-2/h3-5,10-11H,6-9H2,1-2H3,(H,16,18)/t11-/m1/s1. The van der Waals surface area contributed by atoms with E-state index in [4.69, 9.17) is 4.74 Å². The lowest BCUT2D eigenvalue weighted by Gasteiger charge is -2.29. The van der Waals surface area contributed by atoms with Crippen LogP contribution in [0, 0.1) is 0 Å². The minimum absolute atomic E-state index is 0.0324. The summed E-state index contributed by atoms with van der Waals surface area (Å²) in [6.07, 6.45) is 0. The SMILES string of the molecule is COc1cccc(C(=O)N[C@H](C)C(=O)N2CCS(=O)(=O)CC2)c1. The molecule has 1 fully saturated rings. The highest BCUT2D eigenvalue weighted by atomic mass is 32.2. The molecule has 1 atom stereocenters. The molecule has 2 rings (SSSR count). The summed E-state index contributed by atoms with van der Waals surface area (Å²) in [4.78, 5) is 25.9. The summed E-state index contributed by atoms with van der Waals surface area (Å²) < 4.78 is 27.8. The van der Waals surface area contributed by atoms with E-state index in [0.29, 0.717) is 11.3 Å². The first-order valence-electron chi connectivity index (χ1n) is 7.26. The third-order valence-electron chi connectivity index (χ3n) is 3.71. The van der Waals surface area contributed by atoms with Crippen molar-refractivity contribution in [3.63, 3.8) is 0 Å². The lowest BCUT2D eigenvalue weighted by molar-refractivity contribution is -0.132. The number of sulfone groups is 1. The number of nitrogens with one attached hydrogen (secondary N) is 1. The van der Waals surface area contributed by atoms with E-state index in [1.54, 1.807) is 31.2 Å². The molecule has 0 bridgehead atoms. The highest BCUT2D eigenvalue weighted by Gasteiger charge is 2.28. The largest absolute Gasteiger partial charge is 0.497 e. The predicted molar refractivity (Wildman–Crippen MR) is 85.2 cm³/mol. The van der Waals surface area contributed by atoms with Crippen molar-refractivity contribution in [3.8, 4) is 5.75 Å². The van der Waals surface area contributed by atoms with Crippen LogP contribution in [0.4, 0.5) is 0 Å². The number of benzene rings is 1. The number of carbonyl (C=O) groups excluding carboxylic acids is 2. The fraction of sp³-hybridized carbons (Fsp3) is 0.467. The Morgan fingerprint density at radius 2 is 1.91 bits per heavy atom. The van der Waals surface area contributed by atoms with Gasteiger partial charge >= 0.3 is 0 Å². The second-order valence-electron chi connectivity index (χ2n) is 5.40. The van der Waals surface area contributed by atoms with E-state index in [0.717, 1.165) is 0 Å². The number of methoxy groups -OCH3 is 1. The molecule has 0 unspecified atom stereocenters. The lowest BCUT2D eigenvalue weighted by atomic mass is 10.2. The summed E-state index contributed by atoms with van der Waals surface area (Å²) >= 11 is 0. The zero-order chi connectivity index (χ0) is 17.0. The third kappa shape index (κ3) is 4.44. The highest BCUT2D eigenvalue weighted by Crippen LogP contribution is 2.13. The van der Waals surface area contributed by atoms with E-state index in [1.165, 1.54) is 12.0 Å². The van der Waals surface area contributed by atoms with E-state index in [2.05, 4.69) is 5.32 Å². The highest BCUT2D eigenvalue weighted by molar-refractivity contribution is 7.91. The van der Waals surface area contributed by atoms with Gasteiger partial charge in [-0.05, 0) is 25.1 Å². The second kappa shape index (κ2) is 6.99. The van der Waals surface area contributed by atoms with Crippen molar-refractivity contribution >= 4 is 21.7 Å². The first-order valence-corrected chi connectivity index (χ1v) is 9.08. The molecular formula is C15H20N2O5S. The molecule has 126 valence electrons. The van der Waals surface area contributed by atoms with Gasteiger partial charge in [-0.2, -0.15) is 0 Å². The number of rotatable bonds is 4. The Kier molecular flexibility index (Phi) is 5.25. The van der Waals surface area contributed by atoms with Crippen molar-refractivity contribution in [3.05, 3.63) is 29.8 Å². The second-order valence-corrected chi connectivity index (χ2v) is 7.71. The van der Waals surface area contributed by atoms with E-state index < -0.39 is 15.9 Å². The quantitative estimate of drug-likeness (QED) is 0.837. The molecule has 1 aliphatic heterocycles. The average molecular weight is 340 g/mol. The summed E-state index contributed by atoms with van der Waals surface area (Å²) in [5.41, 5.74) is 0.394. The molecule has 1 N–H and O–H groups in total. The zero-order valence-corrected chi connectivity index (χ0v) is 13.9. The van der Waals surface area contributed by atoms with Crippen molar-refractivity contribution in [2.24, 2.45) is 0 Å². The van der Waals surface area contributed by atoms with Gasteiger partial charge in [-0.1, -0.05) is 6.07 Å². The Bertz CT molecular complexity index is 688. The predicted octanol–water partition coefficient (Wildman–Crippen LogP) is 0.0705. The monoisotopic (exact) mass is 340 g/mol. The van der Waals surface area contributed by atoms with E-state index in [1.807, 2.05) is 0 Å². The molecule has 1 aromatic rings. The summed E-state index contributed by atoms with van der Waals surface area (Å²) in [6, 6.07) is 5.90. The van der Waals surface area contributed by atoms with Crippen LogP contribution in [-0.2, 0) is 14.6 Å². The number of nitrogens with zero attached hydrogens (tertiary/aromatic N) is 1. The van der Waals surface area contributed by atoms with Gasteiger partial charge in [0.1, 0.15) is 11.8 Å². The Balaban J connectivity index is 1.96. The third-order valence-corrected chi connectivity index (χ3v) is 5.32. The molecule has 0 saturated carbocycles. The molecule has 1 aliphatic rings. The Hall–Kier alpha value is -2.09. The van der Waals surface area contributed by atoms with E-state index in [9.17, 15) is 18.0 Å². The molecule has 0 radical (unpaired) electrons. The Morgan fingerprint density at radius 1 is 1.26 bits per heavy atom. The molecule has 0 aliphatic carbocycles. The number of ether oxygens (including phenoxy) is 1. The van der Waals surface area contributed by atoms with Crippen molar-refractivity contribution < 1.29 is 22.7 Å². The van der Waals surface area contributed by atoms with Crippen LogP contribution in [0.25, 0.3) is 0 Å². The number of carbonyl (C=O) groups is 2. The van der Waals surface area contributed by atoms with Gasteiger partial charge in [0.25, 0.3) is 5.91 Å². The van der Waals surface area contributed by atoms with Crippen LogP contribution in [0.3, 0.4) is 0 Å². The minimum Gasteiger partial charge on any atom is -0.497 e. The van der Waals surface area contributed by atoms with Gasteiger partial charge < -0.3 is 15.0 Å². The molecule has 8 heteroatoms. The van der Waals surface area contributed by atoms with Crippen molar-refractivity contribution in [2.45, 2.75) is 13.0 Å².